The van der Waals surface area contributed by atoms with Gasteiger partial charge in [-0.25, -0.2) is 0 Å². The highest BCUT2D eigenvalue weighted by Gasteiger charge is 2.22. The Morgan fingerprint density at radius 3 is 1.34 bits per heavy atom. The van der Waals surface area contributed by atoms with E-state index in [1.165, 1.54) is 55.3 Å². The highest BCUT2D eigenvalue weighted by atomic mass is 15.1. The zero-order valence-electron chi connectivity index (χ0n) is 30.8. The molecule has 9 aromatic carbocycles. The van der Waals surface area contributed by atoms with E-state index in [9.17, 15) is 0 Å². The minimum absolute atomic E-state index is 1.11. The number of fused-ring (bicyclic) bond motifs is 3. The van der Waals surface area contributed by atoms with Crippen LogP contribution in [0.4, 0.5) is 17.1 Å². The molecule has 56 heavy (non-hydrogen) atoms. The Balaban J connectivity index is 1.25. The van der Waals surface area contributed by atoms with E-state index in [4.69, 9.17) is 0 Å². The van der Waals surface area contributed by atoms with Gasteiger partial charge in [-0.3, -0.25) is 0 Å². The topological polar surface area (TPSA) is 8.17 Å². The number of hydrogen-bond acceptors (Lipinski definition) is 1. The third-order valence-corrected chi connectivity index (χ3v) is 10.8. The molecule has 0 radical (unpaired) electrons. The van der Waals surface area contributed by atoms with Crippen molar-refractivity contribution in [3.8, 4) is 50.2 Å². The first kappa shape index (κ1) is 33.2. The molecule has 10 aromatic rings. The molecule has 0 bridgehead atoms. The molecule has 2 heteroatoms. The van der Waals surface area contributed by atoms with Gasteiger partial charge in [-0.1, -0.05) is 176 Å². The summed E-state index contributed by atoms with van der Waals surface area (Å²) in [6.45, 7) is 0. The maximum atomic E-state index is 2.45. The molecule has 1 aromatic heterocycles. The summed E-state index contributed by atoms with van der Waals surface area (Å²) in [5, 5.41) is 2.42. The number of rotatable bonds is 8. The summed E-state index contributed by atoms with van der Waals surface area (Å²) in [5.41, 5.74) is 16.4. The Bertz CT molecular complexity index is 2910. The summed E-state index contributed by atoms with van der Waals surface area (Å²) >= 11 is 0. The van der Waals surface area contributed by atoms with Crippen molar-refractivity contribution in [2.45, 2.75) is 0 Å². The van der Waals surface area contributed by atoms with E-state index >= 15 is 0 Å². The van der Waals surface area contributed by atoms with Gasteiger partial charge in [0.15, 0.2) is 0 Å². The predicted molar refractivity (Wildman–Crippen MR) is 237 cm³/mol. The van der Waals surface area contributed by atoms with Crippen molar-refractivity contribution in [3.63, 3.8) is 0 Å². The van der Waals surface area contributed by atoms with Crippen molar-refractivity contribution in [2.75, 3.05) is 4.90 Å². The molecule has 0 unspecified atom stereocenters. The fourth-order valence-corrected chi connectivity index (χ4v) is 8.35. The van der Waals surface area contributed by atoms with Gasteiger partial charge < -0.3 is 9.47 Å². The number of para-hydroxylation sites is 3. The number of hydrogen-bond donors (Lipinski definition) is 0. The minimum atomic E-state index is 1.11. The summed E-state index contributed by atoms with van der Waals surface area (Å²) < 4.78 is 2.45. The lowest BCUT2D eigenvalue weighted by Crippen LogP contribution is -2.10. The van der Waals surface area contributed by atoms with Gasteiger partial charge in [0.1, 0.15) is 0 Å². The third kappa shape index (κ3) is 5.85. The van der Waals surface area contributed by atoms with E-state index < -0.39 is 0 Å². The molecule has 0 N–H and O–H groups in total. The van der Waals surface area contributed by atoms with Crippen LogP contribution in [0.5, 0.6) is 0 Å². The van der Waals surface area contributed by atoms with E-state index in [2.05, 4.69) is 240 Å². The summed E-state index contributed by atoms with van der Waals surface area (Å²) in [4.78, 5) is 2.38. The predicted octanol–water partition coefficient (Wildman–Crippen LogP) is 14.9. The molecule has 0 aliphatic rings. The normalized spacial score (nSPS) is 11.2. The van der Waals surface area contributed by atoms with Crippen LogP contribution in [0.3, 0.4) is 0 Å². The van der Waals surface area contributed by atoms with E-state index in [1.807, 2.05) is 0 Å². The zero-order valence-corrected chi connectivity index (χ0v) is 30.8. The van der Waals surface area contributed by atoms with Crippen molar-refractivity contribution in [3.05, 3.63) is 231 Å². The van der Waals surface area contributed by atoms with Gasteiger partial charge in [0.25, 0.3) is 0 Å². The van der Waals surface area contributed by atoms with Crippen LogP contribution in [0.2, 0.25) is 0 Å². The largest absolute Gasteiger partial charge is 0.310 e. The quantitative estimate of drug-likeness (QED) is 0.152. The Labute approximate surface area is 327 Å². The summed E-state index contributed by atoms with van der Waals surface area (Å²) in [5.74, 6) is 0. The molecular weight excluding hydrogens is 677 g/mol. The molecule has 10 rings (SSSR count). The van der Waals surface area contributed by atoms with Gasteiger partial charge in [0.2, 0.25) is 0 Å². The molecule has 1 heterocycles. The fraction of sp³-hybridized carbons (Fsp3) is 0. The Morgan fingerprint density at radius 1 is 0.304 bits per heavy atom. The lowest BCUT2D eigenvalue weighted by Gasteiger charge is -2.26. The standard InChI is InChI=1S/C54H38N2/c1-5-20-39(21-6-1)44-28-13-15-30-46(44)48-37-36-43(38-50(48)47-31-16-14-29-45(47)40-22-7-2-8-23-40)56-51-33-18-17-32-49(51)54-52(34-19-35-53(54)56)55(41-24-9-3-10-25-41)42-26-11-4-12-27-42/h1-38H. The van der Waals surface area contributed by atoms with Gasteiger partial charge >= 0.3 is 0 Å². The van der Waals surface area contributed by atoms with Crippen LogP contribution in [-0.4, -0.2) is 4.57 Å². The Hall–Kier alpha value is -7.42. The Morgan fingerprint density at radius 2 is 0.750 bits per heavy atom. The third-order valence-electron chi connectivity index (χ3n) is 10.8. The number of nitrogens with zero attached hydrogens (tertiary/aromatic N) is 2. The monoisotopic (exact) mass is 714 g/mol. The van der Waals surface area contributed by atoms with E-state index in [0.717, 1.165) is 33.8 Å². The molecule has 0 amide bonds. The second-order valence-electron chi connectivity index (χ2n) is 14.1. The van der Waals surface area contributed by atoms with E-state index in [-0.39, 0.29) is 0 Å². The molecule has 0 saturated heterocycles. The molecule has 264 valence electrons. The first-order valence-electron chi connectivity index (χ1n) is 19.2. The number of benzene rings is 9. The van der Waals surface area contributed by atoms with Crippen LogP contribution in [0, 0.1) is 0 Å². The second kappa shape index (κ2) is 14.4. The molecular formula is C54H38N2. The zero-order chi connectivity index (χ0) is 37.3. The van der Waals surface area contributed by atoms with Crippen molar-refractivity contribution < 1.29 is 0 Å². The van der Waals surface area contributed by atoms with Crippen molar-refractivity contribution in [2.24, 2.45) is 0 Å². The fourth-order valence-electron chi connectivity index (χ4n) is 8.35. The molecule has 0 fully saturated rings. The maximum absolute atomic E-state index is 2.45. The molecule has 0 saturated carbocycles. The first-order chi connectivity index (χ1) is 27.8. The van der Waals surface area contributed by atoms with Gasteiger partial charge in [0.05, 0.1) is 16.7 Å². The SMILES string of the molecule is c1ccc(-c2ccccc2-c2ccc(-n3c4ccccc4c4c(N(c5ccccc5)c5ccccc5)cccc43)cc2-c2ccccc2-c2ccccc2)cc1. The molecule has 0 spiro atoms. The van der Waals surface area contributed by atoms with E-state index in [0.29, 0.717) is 0 Å². The van der Waals surface area contributed by atoms with Gasteiger partial charge in [-0.05, 0) is 99.1 Å². The van der Waals surface area contributed by atoms with Crippen molar-refractivity contribution in [1.29, 1.82) is 0 Å². The van der Waals surface area contributed by atoms with Crippen LogP contribution in [0.25, 0.3) is 72.0 Å². The van der Waals surface area contributed by atoms with Crippen molar-refractivity contribution in [1.82, 2.24) is 4.57 Å². The van der Waals surface area contributed by atoms with Gasteiger partial charge in [-0.2, -0.15) is 0 Å². The average Bonchev–Trinajstić information content (AvgIpc) is 3.63. The van der Waals surface area contributed by atoms with Gasteiger partial charge in [0, 0.05) is 27.8 Å². The summed E-state index contributed by atoms with van der Waals surface area (Å²) in [6.07, 6.45) is 0. The molecule has 0 aliphatic heterocycles. The molecule has 0 aliphatic carbocycles. The number of anilines is 3. The average molecular weight is 715 g/mol. The second-order valence-corrected chi connectivity index (χ2v) is 14.1. The van der Waals surface area contributed by atoms with Crippen LogP contribution in [0.1, 0.15) is 0 Å². The van der Waals surface area contributed by atoms with Crippen LogP contribution >= 0.6 is 0 Å². The Kier molecular flexibility index (Phi) is 8.55. The van der Waals surface area contributed by atoms with Gasteiger partial charge in [-0.15, -0.1) is 0 Å². The summed E-state index contributed by atoms with van der Waals surface area (Å²) in [7, 11) is 0. The molecule has 0 atom stereocenters. The number of aromatic nitrogens is 1. The lowest BCUT2D eigenvalue weighted by atomic mass is 9.86. The van der Waals surface area contributed by atoms with E-state index in [1.54, 1.807) is 0 Å². The maximum Gasteiger partial charge on any atom is 0.0562 e. The summed E-state index contributed by atoms with van der Waals surface area (Å²) in [6, 6.07) is 83.1. The lowest BCUT2D eigenvalue weighted by molar-refractivity contribution is 1.18. The van der Waals surface area contributed by atoms with Crippen LogP contribution in [-0.2, 0) is 0 Å². The smallest absolute Gasteiger partial charge is 0.0562 e. The van der Waals surface area contributed by atoms with Crippen LogP contribution < -0.4 is 4.90 Å². The minimum Gasteiger partial charge on any atom is -0.310 e. The van der Waals surface area contributed by atoms with Crippen molar-refractivity contribution >= 4 is 38.9 Å². The molecule has 2 nitrogen and oxygen atoms in total. The first-order valence-corrected chi connectivity index (χ1v) is 19.2. The highest BCUT2D eigenvalue weighted by Crippen LogP contribution is 2.46. The highest BCUT2D eigenvalue weighted by molar-refractivity contribution is 6.16. The van der Waals surface area contributed by atoms with Crippen LogP contribution in [0.15, 0.2) is 231 Å².